The lowest BCUT2D eigenvalue weighted by molar-refractivity contribution is -0.143. The molecule has 0 aliphatic heterocycles. The number of benzene rings is 3. The number of para-hydroxylation sites is 1. The highest BCUT2D eigenvalue weighted by molar-refractivity contribution is 6.10. The molecule has 0 fully saturated rings. The predicted molar refractivity (Wildman–Crippen MR) is 128 cm³/mol. The summed E-state index contributed by atoms with van der Waals surface area (Å²) >= 11 is 0. The van der Waals surface area contributed by atoms with Crippen molar-refractivity contribution in [2.75, 3.05) is 25.2 Å². The first-order valence-electron chi connectivity index (χ1n) is 10.8. The average molecular weight is 479 g/mol. The molecule has 0 spiro atoms. The van der Waals surface area contributed by atoms with Crippen LogP contribution in [0.25, 0.3) is 0 Å². The van der Waals surface area contributed by atoms with Gasteiger partial charge in [-0.05, 0) is 61.0 Å². The molecule has 3 rings (SSSR count). The first kappa shape index (κ1) is 25.1. The van der Waals surface area contributed by atoms with Crippen LogP contribution in [0.1, 0.15) is 28.9 Å². The Labute approximate surface area is 202 Å². The Hall–Kier alpha value is -4.53. The van der Waals surface area contributed by atoms with Crippen LogP contribution in [-0.4, -0.2) is 48.3 Å². The molecule has 0 saturated carbocycles. The van der Waals surface area contributed by atoms with Crippen molar-refractivity contribution in [2.24, 2.45) is 0 Å². The summed E-state index contributed by atoms with van der Waals surface area (Å²) in [5.41, 5.74) is 0.964. The number of carbonyl (C=O) groups excluding carboxylic acids is 3. The van der Waals surface area contributed by atoms with Gasteiger partial charge in [0.15, 0.2) is 11.5 Å². The van der Waals surface area contributed by atoms with Crippen LogP contribution in [0.2, 0.25) is 0 Å². The van der Waals surface area contributed by atoms with Crippen LogP contribution in [0.3, 0.4) is 0 Å². The van der Waals surface area contributed by atoms with Crippen molar-refractivity contribution in [3.05, 3.63) is 83.9 Å². The molecule has 9 heteroatoms. The van der Waals surface area contributed by atoms with E-state index in [1.807, 2.05) is 0 Å². The molecule has 9 nitrogen and oxygen atoms in total. The Balaban J connectivity index is 2.13. The van der Waals surface area contributed by atoms with Crippen LogP contribution in [0, 0.1) is 0 Å². The SMILES string of the molecule is CCOC(=O)CNC(=O)C(c1ccc(O)c(OC)c1)N(C(=O)c1ccc(O)cc1)c1ccccc1. The largest absolute Gasteiger partial charge is 0.508 e. The Morgan fingerprint density at radius 3 is 2.29 bits per heavy atom. The monoisotopic (exact) mass is 478 g/mol. The number of anilines is 1. The van der Waals surface area contributed by atoms with Crippen molar-refractivity contribution < 1.29 is 34.1 Å². The molecule has 0 saturated heterocycles. The number of amides is 2. The first-order chi connectivity index (χ1) is 16.8. The highest BCUT2D eigenvalue weighted by Gasteiger charge is 2.34. The van der Waals surface area contributed by atoms with E-state index in [1.165, 1.54) is 54.5 Å². The lowest BCUT2D eigenvalue weighted by Crippen LogP contribution is -2.45. The Morgan fingerprint density at radius 2 is 1.66 bits per heavy atom. The summed E-state index contributed by atoms with van der Waals surface area (Å²) in [6, 6.07) is 17.2. The minimum absolute atomic E-state index is 0.0141. The van der Waals surface area contributed by atoms with Gasteiger partial charge in [0.25, 0.3) is 5.91 Å². The summed E-state index contributed by atoms with van der Waals surface area (Å²) in [6.45, 7) is 1.41. The van der Waals surface area contributed by atoms with E-state index in [2.05, 4.69) is 5.32 Å². The number of phenols is 2. The number of phenolic OH excluding ortho intramolecular Hbond substituents is 2. The van der Waals surface area contributed by atoms with Crippen molar-refractivity contribution in [3.63, 3.8) is 0 Å². The van der Waals surface area contributed by atoms with Crippen LogP contribution in [0.5, 0.6) is 17.2 Å². The van der Waals surface area contributed by atoms with Gasteiger partial charge in [-0.1, -0.05) is 24.3 Å². The quantitative estimate of drug-likeness (QED) is 0.403. The van der Waals surface area contributed by atoms with Crippen molar-refractivity contribution >= 4 is 23.5 Å². The molecule has 0 heterocycles. The van der Waals surface area contributed by atoms with E-state index >= 15 is 0 Å². The maximum Gasteiger partial charge on any atom is 0.325 e. The summed E-state index contributed by atoms with van der Waals surface area (Å²) in [4.78, 5) is 40.4. The Morgan fingerprint density at radius 1 is 0.971 bits per heavy atom. The van der Waals surface area contributed by atoms with E-state index in [0.717, 1.165) is 0 Å². The molecule has 0 radical (unpaired) electrons. The summed E-state index contributed by atoms with van der Waals surface area (Å²) in [5.74, 6) is -1.85. The van der Waals surface area contributed by atoms with Gasteiger partial charge in [-0.15, -0.1) is 0 Å². The van der Waals surface area contributed by atoms with Crippen LogP contribution in [-0.2, 0) is 14.3 Å². The molecule has 182 valence electrons. The summed E-state index contributed by atoms with van der Waals surface area (Å²) in [7, 11) is 1.37. The lowest BCUT2D eigenvalue weighted by Gasteiger charge is -2.31. The number of nitrogens with one attached hydrogen (secondary N) is 1. The molecule has 1 atom stereocenters. The molecule has 1 unspecified atom stereocenters. The van der Waals surface area contributed by atoms with Gasteiger partial charge in [-0.2, -0.15) is 0 Å². The number of hydrogen-bond donors (Lipinski definition) is 3. The van der Waals surface area contributed by atoms with Gasteiger partial charge in [0, 0.05) is 11.3 Å². The number of carbonyl (C=O) groups is 3. The van der Waals surface area contributed by atoms with Gasteiger partial charge in [-0.25, -0.2) is 0 Å². The van der Waals surface area contributed by atoms with E-state index < -0.39 is 30.4 Å². The molecule has 3 N–H and O–H groups in total. The number of rotatable bonds is 9. The third-order valence-corrected chi connectivity index (χ3v) is 5.11. The van der Waals surface area contributed by atoms with E-state index in [9.17, 15) is 24.6 Å². The predicted octanol–water partition coefficient (Wildman–Crippen LogP) is 3.17. The van der Waals surface area contributed by atoms with Crippen LogP contribution >= 0.6 is 0 Å². The van der Waals surface area contributed by atoms with Gasteiger partial charge >= 0.3 is 5.97 Å². The van der Waals surface area contributed by atoms with E-state index in [1.54, 1.807) is 37.3 Å². The molecule has 0 aliphatic carbocycles. The van der Waals surface area contributed by atoms with Gasteiger partial charge in [0.05, 0.1) is 13.7 Å². The molecule has 2 amide bonds. The van der Waals surface area contributed by atoms with Gasteiger partial charge in [-0.3, -0.25) is 19.3 Å². The second-order valence-corrected chi connectivity index (χ2v) is 7.41. The standard InChI is InChI=1S/C26H26N2O7/c1-3-35-23(31)16-27-25(32)24(18-11-14-21(30)22(15-18)34-2)28(19-7-5-4-6-8-19)26(33)17-9-12-20(29)13-10-17/h4-15,24,29-30H,3,16H2,1-2H3,(H,27,32). The van der Waals surface area contributed by atoms with E-state index in [-0.39, 0.29) is 29.4 Å². The van der Waals surface area contributed by atoms with Crippen LogP contribution in [0.15, 0.2) is 72.8 Å². The molecule has 3 aromatic rings. The summed E-state index contributed by atoms with van der Waals surface area (Å²) in [5, 5.41) is 22.2. The molecular weight excluding hydrogens is 452 g/mol. The average Bonchev–Trinajstić information content (AvgIpc) is 2.87. The molecule has 35 heavy (non-hydrogen) atoms. The number of ether oxygens (including phenoxy) is 2. The highest BCUT2D eigenvalue weighted by atomic mass is 16.5. The Bertz CT molecular complexity index is 1180. The summed E-state index contributed by atoms with van der Waals surface area (Å²) in [6.07, 6.45) is 0. The molecular formula is C26H26N2O7. The maximum atomic E-state index is 13.7. The van der Waals surface area contributed by atoms with Gasteiger partial charge in [0.1, 0.15) is 18.3 Å². The van der Waals surface area contributed by atoms with Crippen LogP contribution < -0.4 is 15.0 Å². The molecule has 0 aromatic heterocycles. The number of esters is 1. The first-order valence-corrected chi connectivity index (χ1v) is 10.8. The van der Waals surface area contributed by atoms with E-state index in [0.29, 0.717) is 11.3 Å². The smallest absolute Gasteiger partial charge is 0.325 e. The fourth-order valence-corrected chi connectivity index (χ4v) is 3.47. The maximum absolute atomic E-state index is 13.7. The number of methoxy groups -OCH3 is 1. The number of aromatic hydroxyl groups is 2. The third-order valence-electron chi connectivity index (χ3n) is 5.11. The molecule has 3 aromatic carbocycles. The molecule has 0 aliphatic rings. The topological polar surface area (TPSA) is 125 Å². The fourth-order valence-electron chi connectivity index (χ4n) is 3.47. The van der Waals surface area contributed by atoms with Crippen LogP contribution in [0.4, 0.5) is 5.69 Å². The zero-order valence-corrected chi connectivity index (χ0v) is 19.3. The van der Waals surface area contributed by atoms with Gasteiger partial charge in [0.2, 0.25) is 5.91 Å². The Kier molecular flexibility index (Phi) is 8.29. The van der Waals surface area contributed by atoms with Crippen molar-refractivity contribution in [1.82, 2.24) is 5.32 Å². The van der Waals surface area contributed by atoms with E-state index in [4.69, 9.17) is 9.47 Å². The molecule has 0 bridgehead atoms. The van der Waals surface area contributed by atoms with Crippen molar-refractivity contribution in [2.45, 2.75) is 13.0 Å². The number of hydrogen-bond acceptors (Lipinski definition) is 7. The zero-order valence-electron chi connectivity index (χ0n) is 19.3. The fraction of sp³-hybridized carbons (Fsp3) is 0.192. The normalized spacial score (nSPS) is 11.3. The zero-order chi connectivity index (χ0) is 25.4. The second kappa shape index (κ2) is 11.6. The van der Waals surface area contributed by atoms with Gasteiger partial charge < -0.3 is 25.0 Å². The lowest BCUT2D eigenvalue weighted by atomic mass is 10.0. The highest BCUT2D eigenvalue weighted by Crippen LogP contribution is 2.34. The minimum atomic E-state index is -1.25. The second-order valence-electron chi connectivity index (χ2n) is 7.41. The third kappa shape index (κ3) is 6.08. The van der Waals surface area contributed by atoms with Crippen molar-refractivity contribution in [3.8, 4) is 17.2 Å². The number of nitrogens with zero attached hydrogens (tertiary/aromatic N) is 1. The summed E-state index contributed by atoms with van der Waals surface area (Å²) < 4.78 is 10.1. The van der Waals surface area contributed by atoms with Crippen molar-refractivity contribution in [1.29, 1.82) is 0 Å². The minimum Gasteiger partial charge on any atom is -0.508 e.